The van der Waals surface area contributed by atoms with Gasteiger partial charge in [-0.2, -0.15) is 0 Å². The van der Waals surface area contributed by atoms with Crippen molar-refractivity contribution in [2.75, 3.05) is 0 Å². The van der Waals surface area contributed by atoms with E-state index in [0.29, 0.717) is 13.1 Å². The second-order valence-electron chi connectivity index (χ2n) is 4.28. The van der Waals surface area contributed by atoms with E-state index < -0.39 is 0 Å². The maximum absolute atomic E-state index is 13.0. The standard InChI is InChI=1S/C14H13FN4/c15-12-5-3-4-11(8-12)9-16-10-14-18-17-13-6-1-2-7-19(13)14/h1-8,16H,9-10H2. The van der Waals surface area contributed by atoms with Crippen molar-refractivity contribution in [1.29, 1.82) is 0 Å². The van der Waals surface area contributed by atoms with Gasteiger partial charge in [-0.25, -0.2) is 4.39 Å². The summed E-state index contributed by atoms with van der Waals surface area (Å²) in [7, 11) is 0. The lowest BCUT2D eigenvalue weighted by atomic mass is 10.2. The Kier molecular flexibility index (Phi) is 3.20. The monoisotopic (exact) mass is 256 g/mol. The molecule has 3 aromatic rings. The van der Waals surface area contributed by atoms with E-state index in [1.165, 1.54) is 12.1 Å². The van der Waals surface area contributed by atoms with Gasteiger partial charge < -0.3 is 5.32 Å². The molecule has 0 fully saturated rings. The maximum Gasteiger partial charge on any atom is 0.160 e. The summed E-state index contributed by atoms with van der Waals surface area (Å²) in [6.45, 7) is 1.18. The van der Waals surface area contributed by atoms with Crippen molar-refractivity contribution < 1.29 is 4.39 Å². The zero-order valence-electron chi connectivity index (χ0n) is 10.3. The smallest absolute Gasteiger partial charge is 0.160 e. The molecule has 2 aromatic heterocycles. The summed E-state index contributed by atoms with van der Waals surface area (Å²) in [5, 5.41) is 11.4. The minimum absolute atomic E-state index is 0.216. The Labute approximate surface area is 109 Å². The quantitative estimate of drug-likeness (QED) is 0.777. The number of pyridine rings is 1. The Bertz CT molecular complexity index is 692. The van der Waals surface area contributed by atoms with Crippen molar-refractivity contribution in [2.24, 2.45) is 0 Å². The molecule has 1 N–H and O–H groups in total. The fourth-order valence-corrected chi connectivity index (χ4v) is 1.98. The zero-order chi connectivity index (χ0) is 13.1. The van der Waals surface area contributed by atoms with Gasteiger partial charge in [0.05, 0.1) is 6.54 Å². The SMILES string of the molecule is Fc1cccc(CNCc2nnc3ccccn23)c1. The van der Waals surface area contributed by atoms with Crippen molar-refractivity contribution in [1.82, 2.24) is 19.9 Å². The molecule has 19 heavy (non-hydrogen) atoms. The van der Waals surface area contributed by atoms with Gasteiger partial charge in [-0.15, -0.1) is 10.2 Å². The van der Waals surface area contributed by atoms with Gasteiger partial charge in [-0.1, -0.05) is 18.2 Å². The van der Waals surface area contributed by atoms with Crippen LogP contribution in [0.1, 0.15) is 11.4 Å². The van der Waals surface area contributed by atoms with Gasteiger partial charge in [0.1, 0.15) is 5.82 Å². The third-order valence-electron chi connectivity index (χ3n) is 2.89. The number of rotatable bonds is 4. The number of hydrogen-bond donors (Lipinski definition) is 1. The maximum atomic E-state index is 13.0. The summed E-state index contributed by atoms with van der Waals surface area (Å²) in [4.78, 5) is 0. The van der Waals surface area contributed by atoms with Crippen LogP contribution in [0, 0.1) is 5.82 Å². The van der Waals surface area contributed by atoms with E-state index in [1.807, 2.05) is 34.9 Å². The molecule has 1 aromatic carbocycles. The Morgan fingerprint density at radius 1 is 1.05 bits per heavy atom. The van der Waals surface area contributed by atoms with Crippen molar-refractivity contribution in [3.63, 3.8) is 0 Å². The number of halogens is 1. The molecule has 0 bridgehead atoms. The molecule has 0 aliphatic rings. The molecule has 4 nitrogen and oxygen atoms in total. The third-order valence-corrected chi connectivity index (χ3v) is 2.89. The Hall–Kier alpha value is -2.27. The summed E-state index contributed by atoms with van der Waals surface area (Å²) in [5.41, 5.74) is 1.74. The first-order valence-corrected chi connectivity index (χ1v) is 6.07. The number of nitrogens with one attached hydrogen (secondary N) is 1. The average Bonchev–Trinajstić information content (AvgIpc) is 2.83. The highest BCUT2D eigenvalue weighted by atomic mass is 19.1. The van der Waals surface area contributed by atoms with Crippen LogP contribution in [0.2, 0.25) is 0 Å². The van der Waals surface area contributed by atoms with Crippen LogP contribution >= 0.6 is 0 Å². The Morgan fingerprint density at radius 3 is 2.89 bits per heavy atom. The van der Waals surface area contributed by atoms with Gasteiger partial charge in [0.25, 0.3) is 0 Å². The van der Waals surface area contributed by atoms with Crippen LogP contribution in [0.5, 0.6) is 0 Å². The van der Waals surface area contributed by atoms with E-state index in [1.54, 1.807) is 6.07 Å². The highest BCUT2D eigenvalue weighted by molar-refractivity contribution is 5.36. The largest absolute Gasteiger partial charge is 0.306 e. The molecule has 0 aliphatic heterocycles. The zero-order valence-corrected chi connectivity index (χ0v) is 10.3. The van der Waals surface area contributed by atoms with Crippen LogP contribution in [0.25, 0.3) is 5.65 Å². The first-order valence-electron chi connectivity index (χ1n) is 6.07. The summed E-state index contributed by atoms with van der Waals surface area (Å²) in [6, 6.07) is 12.3. The molecule has 0 saturated carbocycles. The molecule has 0 amide bonds. The highest BCUT2D eigenvalue weighted by Gasteiger charge is 2.03. The van der Waals surface area contributed by atoms with E-state index in [-0.39, 0.29) is 5.82 Å². The number of fused-ring (bicyclic) bond motifs is 1. The molecule has 0 aliphatic carbocycles. The van der Waals surface area contributed by atoms with Gasteiger partial charge in [0, 0.05) is 12.7 Å². The third kappa shape index (κ3) is 2.61. The molecular formula is C14H13FN4. The van der Waals surface area contributed by atoms with Crippen molar-refractivity contribution in [3.8, 4) is 0 Å². The molecule has 3 rings (SSSR count). The minimum Gasteiger partial charge on any atom is -0.306 e. The highest BCUT2D eigenvalue weighted by Crippen LogP contribution is 2.05. The lowest BCUT2D eigenvalue weighted by Crippen LogP contribution is -2.15. The molecule has 0 radical (unpaired) electrons. The van der Waals surface area contributed by atoms with E-state index >= 15 is 0 Å². The van der Waals surface area contributed by atoms with Crippen LogP contribution in [0.3, 0.4) is 0 Å². The Morgan fingerprint density at radius 2 is 2.00 bits per heavy atom. The predicted molar refractivity (Wildman–Crippen MR) is 69.9 cm³/mol. The van der Waals surface area contributed by atoms with Gasteiger partial charge >= 0.3 is 0 Å². The van der Waals surface area contributed by atoms with E-state index in [2.05, 4.69) is 15.5 Å². The first kappa shape index (κ1) is 11.8. The first-order chi connectivity index (χ1) is 9.33. The second kappa shape index (κ2) is 5.16. The average molecular weight is 256 g/mol. The molecule has 0 unspecified atom stereocenters. The lowest BCUT2D eigenvalue weighted by molar-refractivity contribution is 0.616. The fraction of sp³-hybridized carbons (Fsp3) is 0.143. The lowest BCUT2D eigenvalue weighted by Gasteiger charge is -2.04. The van der Waals surface area contributed by atoms with Gasteiger partial charge in [0.15, 0.2) is 11.5 Å². The summed E-state index contributed by atoms with van der Waals surface area (Å²) < 4.78 is 15.0. The van der Waals surface area contributed by atoms with E-state index in [4.69, 9.17) is 0 Å². The summed E-state index contributed by atoms with van der Waals surface area (Å²) in [5.74, 6) is 0.624. The Balaban J connectivity index is 1.66. The molecule has 2 heterocycles. The van der Waals surface area contributed by atoms with Crippen molar-refractivity contribution in [3.05, 3.63) is 65.9 Å². The van der Waals surface area contributed by atoms with Crippen molar-refractivity contribution >= 4 is 5.65 Å². The molecule has 0 saturated heterocycles. The van der Waals surface area contributed by atoms with E-state index in [9.17, 15) is 4.39 Å². The van der Waals surface area contributed by atoms with Crippen LogP contribution in [0.4, 0.5) is 4.39 Å². The van der Waals surface area contributed by atoms with Crippen LogP contribution < -0.4 is 5.32 Å². The molecule has 5 heteroatoms. The minimum atomic E-state index is -0.216. The van der Waals surface area contributed by atoms with Crippen molar-refractivity contribution in [2.45, 2.75) is 13.1 Å². The van der Waals surface area contributed by atoms with Gasteiger partial charge in [0.2, 0.25) is 0 Å². The summed E-state index contributed by atoms with van der Waals surface area (Å²) in [6.07, 6.45) is 1.93. The second-order valence-corrected chi connectivity index (χ2v) is 4.28. The van der Waals surface area contributed by atoms with Crippen LogP contribution in [-0.4, -0.2) is 14.6 Å². The predicted octanol–water partition coefficient (Wildman–Crippen LogP) is 2.16. The number of aromatic nitrogens is 3. The van der Waals surface area contributed by atoms with E-state index in [0.717, 1.165) is 17.0 Å². The van der Waals surface area contributed by atoms with Crippen LogP contribution in [-0.2, 0) is 13.1 Å². The number of benzene rings is 1. The fourth-order valence-electron chi connectivity index (χ4n) is 1.98. The van der Waals surface area contributed by atoms with Gasteiger partial charge in [-0.05, 0) is 29.8 Å². The van der Waals surface area contributed by atoms with Crippen LogP contribution in [0.15, 0.2) is 48.7 Å². The topological polar surface area (TPSA) is 42.2 Å². The summed E-state index contributed by atoms with van der Waals surface area (Å²) >= 11 is 0. The number of nitrogens with zero attached hydrogens (tertiary/aromatic N) is 3. The molecule has 0 atom stereocenters. The van der Waals surface area contributed by atoms with Gasteiger partial charge in [-0.3, -0.25) is 4.40 Å². The normalized spacial score (nSPS) is 11.0. The molecular weight excluding hydrogens is 243 g/mol. The molecule has 96 valence electrons. The molecule has 0 spiro atoms. The number of hydrogen-bond acceptors (Lipinski definition) is 3.